The summed E-state index contributed by atoms with van der Waals surface area (Å²) in [6, 6.07) is 0. The van der Waals surface area contributed by atoms with Gasteiger partial charge in [-0.3, -0.25) is 14.9 Å². The van der Waals surface area contributed by atoms with E-state index in [4.69, 9.17) is 0 Å². The lowest BCUT2D eigenvalue weighted by Crippen LogP contribution is -2.46. The van der Waals surface area contributed by atoms with Gasteiger partial charge >= 0.3 is 5.69 Å². The normalized spacial score (nSPS) is 18.1. The highest BCUT2D eigenvalue weighted by Crippen LogP contribution is 2.37. The zero-order valence-corrected chi connectivity index (χ0v) is 15.7. The van der Waals surface area contributed by atoms with E-state index in [1.165, 1.54) is 0 Å². The van der Waals surface area contributed by atoms with Crippen LogP contribution in [-0.4, -0.2) is 82.9 Å². The van der Waals surface area contributed by atoms with Gasteiger partial charge < -0.3 is 19.8 Å². The molecule has 3 rings (SSSR count). The van der Waals surface area contributed by atoms with E-state index in [0.717, 1.165) is 29.7 Å². The molecule has 12 heteroatoms. The molecule has 142 valence electrons. The number of rotatable bonds is 6. The van der Waals surface area contributed by atoms with Crippen LogP contribution in [-0.2, 0) is 4.79 Å². The number of aromatic nitrogens is 2. The summed E-state index contributed by atoms with van der Waals surface area (Å²) in [6.45, 7) is 3.53. The van der Waals surface area contributed by atoms with Crippen LogP contribution in [0.15, 0.2) is 5.03 Å². The number of hydrogen-bond acceptors (Lipinski definition) is 10. The van der Waals surface area contributed by atoms with Crippen LogP contribution >= 0.6 is 23.5 Å². The van der Waals surface area contributed by atoms with Crippen LogP contribution in [0.3, 0.4) is 0 Å². The van der Waals surface area contributed by atoms with Crippen LogP contribution in [0.2, 0.25) is 0 Å². The van der Waals surface area contributed by atoms with Gasteiger partial charge in [-0.05, 0) is 0 Å². The molecule has 2 fully saturated rings. The fraction of sp³-hybridized carbons (Fsp3) is 0.643. The SMILES string of the molecule is O=CN1CCN(c2nc(SC[O-])c([N+](=O)[O-])c(N3CCSCC3)n2)CC1. The molecule has 10 nitrogen and oxygen atoms in total. The Hall–Kier alpha value is -1.79. The molecule has 2 aliphatic heterocycles. The van der Waals surface area contributed by atoms with Crippen molar-refractivity contribution in [2.24, 2.45) is 0 Å². The van der Waals surface area contributed by atoms with Crippen molar-refractivity contribution in [3.05, 3.63) is 10.1 Å². The molecular weight excluding hydrogens is 380 g/mol. The number of amides is 1. The van der Waals surface area contributed by atoms with Gasteiger partial charge in [-0.25, -0.2) is 0 Å². The van der Waals surface area contributed by atoms with E-state index in [1.54, 1.807) is 16.7 Å². The fourth-order valence-electron chi connectivity index (χ4n) is 2.89. The average molecular weight is 399 g/mol. The quantitative estimate of drug-likeness (QED) is 0.156. The molecule has 0 atom stereocenters. The molecule has 1 amide bonds. The minimum atomic E-state index is -0.550. The molecule has 0 aromatic carbocycles. The van der Waals surface area contributed by atoms with Crippen LogP contribution in [0, 0.1) is 10.1 Å². The third-order valence-electron chi connectivity index (χ3n) is 4.26. The van der Waals surface area contributed by atoms with E-state index in [0.29, 0.717) is 45.2 Å². The first-order valence-corrected chi connectivity index (χ1v) is 10.3. The summed E-state index contributed by atoms with van der Waals surface area (Å²) in [6.07, 6.45) is 0.809. The largest absolute Gasteiger partial charge is 0.846 e. The van der Waals surface area contributed by atoms with Crippen LogP contribution in [0.1, 0.15) is 0 Å². The summed E-state index contributed by atoms with van der Waals surface area (Å²) in [7, 11) is 0. The maximum Gasteiger partial charge on any atom is 0.343 e. The van der Waals surface area contributed by atoms with Gasteiger partial charge in [-0.15, -0.1) is 11.8 Å². The number of nitro groups is 1. The molecular formula is C14H19N6O4S2-. The molecule has 2 aliphatic rings. The Morgan fingerprint density at radius 2 is 1.81 bits per heavy atom. The van der Waals surface area contributed by atoms with Gasteiger partial charge in [-0.1, -0.05) is 5.94 Å². The number of nitrogens with zero attached hydrogens (tertiary/aromatic N) is 6. The monoisotopic (exact) mass is 399 g/mol. The Morgan fingerprint density at radius 3 is 2.38 bits per heavy atom. The van der Waals surface area contributed by atoms with Gasteiger partial charge in [0, 0.05) is 50.8 Å². The van der Waals surface area contributed by atoms with E-state index >= 15 is 0 Å². The second-order valence-electron chi connectivity index (χ2n) is 5.75. The minimum absolute atomic E-state index is 0.112. The summed E-state index contributed by atoms with van der Waals surface area (Å²) < 4.78 is 0. The molecule has 2 saturated heterocycles. The maximum atomic E-state index is 11.6. The van der Waals surface area contributed by atoms with Gasteiger partial charge in [0.1, 0.15) is 0 Å². The Bertz CT molecular complexity index is 665. The second-order valence-corrected chi connectivity index (χ2v) is 7.88. The third kappa shape index (κ3) is 4.13. The van der Waals surface area contributed by atoms with Gasteiger partial charge in [0.15, 0.2) is 5.03 Å². The van der Waals surface area contributed by atoms with E-state index in [-0.39, 0.29) is 16.5 Å². The molecule has 0 radical (unpaired) electrons. The molecule has 0 N–H and O–H groups in total. The van der Waals surface area contributed by atoms with Crippen LogP contribution in [0.4, 0.5) is 17.5 Å². The molecule has 0 aliphatic carbocycles. The van der Waals surface area contributed by atoms with Crippen molar-refractivity contribution in [3.63, 3.8) is 0 Å². The Balaban J connectivity index is 1.98. The van der Waals surface area contributed by atoms with Crippen LogP contribution in [0.25, 0.3) is 0 Å². The predicted molar refractivity (Wildman–Crippen MR) is 98.8 cm³/mol. The highest BCUT2D eigenvalue weighted by atomic mass is 32.2. The lowest BCUT2D eigenvalue weighted by Gasteiger charge is -2.33. The highest BCUT2D eigenvalue weighted by molar-refractivity contribution is 7.99. The third-order valence-corrected chi connectivity index (χ3v) is 5.88. The summed E-state index contributed by atoms with van der Waals surface area (Å²) in [5.41, 5.74) is -0.187. The van der Waals surface area contributed by atoms with Gasteiger partial charge in [-0.2, -0.15) is 21.7 Å². The molecule has 0 saturated carbocycles. The van der Waals surface area contributed by atoms with Crippen molar-refractivity contribution >= 4 is 47.4 Å². The molecule has 0 spiro atoms. The average Bonchev–Trinajstić information content (AvgIpc) is 2.68. The summed E-state index contributed by atoms with van der Waals surface area (Å²) in [5, 5.41) is 22.9. The lowest BCUT2D eigenvalue weighted by atomic mass is 10.3. The Kier molecular flexibility index (Phi) is 6.38. The zero-order chi connectivity index (χ0) is 18.5. The van der Waals surface area contributed by atoms with E-state index in [9.17, 15) is 20.0 Å². The van der Waals surface area contributed by atoms with Crippen molar-refractivity contribution in [2.75, 3.05) is 66.5 Å². The zero-order valence-electron chi connectivity index (χ0n) is 14.1. The highest BCUT2D eigenvalue weighted by Gasteiger charge is 2.31. The molecule has 26 heavy (non-hydrogen) atoms. The van der Waals surface area contributed by atoms with Crippen molar-refractivity contribution in [1.82, 2.24) is 14.9 Å². The van der Waals surface area contributed by atoms with E-state index < -0.39 is 10.9 Å². The van der Waals surface area contributed by atoms with Crippen LogP contribution in [0.5, 0.6) is 0 Å². The van der Waals surface area contributed by atoms with Crippen LogP contribution < -0.4 is 14.9 Å². The van der Waals surface area contributed by atoms with Crippen molar-refractivity contribution in [3.8, 4) is 0 Å². The summed E-state index contributed by atoms with van der Waals surface area (Å²) in [4.78, 5) is 36.3. The second kappa shape index (κ2) is 8.73. The van der Waals surface area contributed by atoms with Gasteiger partial charge in [0.05, 0.1) is 4.92 Å². The van der Waals surface area contributed by atoms with Crippen molar-refractivity contribution in [1.29, 1.82) is 0 Å². The van der Waals surface area contributed by atoms with Crippen molar-refractivity contribution in [2.45, 2.75) is 5.03 Å². The molecule has 1 aromatic rings. The summed E-state index contributed by atoms with van der Waals surface area (Å²) in [5.74, 6) is 1.86. The number of carbonyl (C=O) groups is 1. The molecule has 1 aromatic heterocycles. The van der Waals surface area contributed by atoms with E-state index in [1.807, 2.05) is 9.80 Å². The van der Waals surface area contributed by atoms with Crippen molar-refractivity contribution < 1.29 is 14.8 Å². The first-order valence-electron chi connectivity index (χ1n) is 8.18. The number of piperazine rings is 1. The maximum absolute atomic E-state index is 11.6. The predicted octanol–water partition coefficient (Wildman–Crippen LogP) is -0.374. The lowest BCUT2D eigenvalue weighted by molar-refractivity contribution is -0.387. The number of anilines is 2. The molecule has 0 unspecified atom stereocenters. The number of hydrogen-bond donors (Lipinski definition) is 0. The Labute approximate surface area is 159 Å². The standard InChI is InChI=1S/C14H19N6O4S2/c21-9-17-1-3-19(4-2-17)14-15-12(18-5-7-25-8-6-18)11(20(23)24)13(16-14)26-10-22/h9H,1-8,10H2/q-1. The number of thioether (sulfide) groups is 2. The first kappa shape index (κ1) is 19.0. The summed E-state index contributed by atoms with van der Waals surface area (Å²) >= 11 is 2.62. The first-order chi connectivity index (χ1) is 12.6. The smallest absolute Gasteiger partial charge is 0.343 e. The van der Waals surface area contributed by atoms with Gasteiger partial charge in [0.25, 0.3) is 0 Å². The molecule has 0 bridgehead atoms. The topological polar surface area (TPSA) is 119 Å². The Morgan fingerprint density at radius 1 is 1.12 bits per heavy atom. The minimum Gasteiger partial charge on any atom is -0.846 e. The van der Waals surface area contributed by atoms with E-state index in [2.05, 4.69) is 9.97 Å². The molecule has 3 heterocycles. The number of carbonyl (C=O) groups excluding carboxylic acids is 1. The van der Waals surface area contributed by atoms with Gasteiger partial charge in [0.2, 0.25) is 18.2 Å². The fourth-order valence-corrected chi connectivity index (χ4v) is 4.36.